The van der Waals surface area contributed by atoms with Crippen molar-refractivity contribution in [2.24, 2.45) is 0 Å². The number of cyclic esters (lactones) is 4. The molecule has 16 rings (SSSR count). The van der Waals surface area contributed by atoms with Crippen LogP contribution in [0.4, 0.5) is 17.1 Å². The second-order valence-electron chi connectivity index (χ2n) is 37.8. The van der Waals surface area contributed by atoms with Gasteiger partial charge in [0, 0.05) is 108 Å². The number of carboxylic acids is 2. The van der Waals surface area contributed by atoms with Gasteiger partial charge in [0.2, 0.25) is 0 Å². The fourth-order valence-corrected chi connectivity index (χ4v) is 20.6. The molecule has 0 radical (unpaired) electrons. The number of hydrogen-bond acceptors (Lipinski definition) is 21. The Labute approximate surface area is 682 Å². The first-order valence-corrected chi connectivity index (χ1v) is 39.8. The zero-order valence-electron chi connectivity index (χ0n) is 70.1. The summed E-state index contributed by atoms with van der Waals surface area (Å²) < 4.78 is 9.22. The van der Waals surface area contributed by atoms with E-state index < -0.39 is 91.7 Å². The fraction of sp³-hybridized carbons (Fsp3) is 0.368. The van der Waals surface area contributed by atoms with Gasteiger partial charge in [-0.05, 0) is 324 Å². The van der Waals surface area contributed by atoms with Crippen LogP contribution >= 0.6 is 0 Å². The molecular weight excluding hydrogens is 1500 g/mol. The maximum Gasteiger partial charge on any atom is 0.346 e. The smallest absolute Gasteiger partial charge is 0.346 e. The molecular formula is C95H103N7O16. The summed E-state index contributed by atoms with van der Waals surface area (Å²) in [6.45, 7) is 34.3. The number of Topliss-reactive ketones (excluding diaryl/α,β-unsaturated/α-hetero) is 2. The van der Waals surface area contributed by atoms with E-state index in [0.717, 1.165) is 102 Å². The second-order valence-corrected chi connectivity index (χ2v) is 37.8. The number of rotatable bonds is 7. The molecule has 0 bridgehead atoms. The molecule has 0 unspecified atom stereocenters. The van der Waals surface area contributed by atoms with Crippen LogP contribution in [0.3, 0.4) is 0 Å². The second kappa shape index (κ2) is 28.9. The topological polar surface area (TPSA) is 353 Å². The summed E-state index contributed by atoms with van der Waals surface area (Å²) in [4.78, 5) is 99.2. The van der Waals surface area contributed by atoms with Gasteiger partial charge in [-0.15, -0.1) is 0 Å². The number of carbonyl (C=O) groups is 8. The fourth-order valence-electron chi connectivity index (χ4n) is 20.6. The van der Waals surface area contributed by atoms with Crippen molar-refractivity contribution in [3.63, 3.8) is 0 Å². The number of nitrogens with two attached hydrogens (primary N) is 2. The molecule has 10 aromatic carbocycles. The first kappa shape index (κ1) is 83.4. The average Bonchev–Trinajstić information content (AvgIpc) is 0.727. The van der Waals surface area contributed by atoms with Gasteiger partial charge in [-0.1, -0.05) is 58.7 Å². The lowest BCUT2D eigenvalue weighted by Gasteiger charge is -2.50. The Morgan fingerprint density at radius 1 is 0.356 bits per heavy atom. The minimum atomic E-state index is -1.35. The van der Waals surface area contributed by atoms with E-state index in [-0.39, 0.29) is 72.5 Å². The molecule has 0 aliphatic carbocycles. The quantitative estimate of drug-likeness (QED) is 0.0235. The first-order chi connectivity index (χ1) is 54.9. The van der Waals surface area contributed by atoms with Crippen molar-refractivity contribution < 1.29 is 78.9 Å². The van der Waals surface area contributed by atoms with Crippen molar-refractivity contribution in [1.29, 1.82) is 0 Å². The molecule has 0 amide bonds. The molecule has 11 N–H and O–H groups in total. The number of hydroxylamine groups is 8. The third kappa shape index (κ3) is 14.1. The Morgan fingerprint density at radius 3 is 0.932 bits per heavy atom. The molecule has 0 atom stereocenters. The van der Waals surface area contributed by atoms with E-state index >= 15 is 0 Å². The van der Waals surface area contributed by atoms with E-state index in [1.807, 2.05) is 86.7 Å². The number of nitrogen functional groups attached to an aromatic ring is 2. The molecule has 6 aliphatic heterocycles. The van der Waals surface area contributed by atoms with Crippen LogP contribution in [0.5, 0.6) is 0 Å². The Balaban J connectivity index is 0.000000166. The molecule has 0 saturated carbocycles. The highest BCUT2D eigenvalue weighted by Crippen LogP contribution is 2.47. The zero-order valence-corrected chi connectivity index (χ0v) is 70.1. The highest BCUT2D eigenvalue weighted by atomic mass is 16.6. The molecule has 23 heteroatoms. The van der Waals surface area contributed by atoms with E-state index in [2.05, 4.69) is 119 Å². The van der Waals surface area contributed by atoms with Crippen LogP contribution in [0.1, 0.15) is 257 Å². The zero-order chi connectivity index (χ0) is 86.0. The van der Waals surface area contributed by atoms with Crippen molar-refractivity contribution in [3.8, 4) is 0 Å². The van der Waals surface area contributed by atoms with Crippen molar-refractivity contribution in [1.82, 2.24) is 20.3 Å². The summed E-state index contributed by atoms with van der Waals surface area (Å²) in [6.07, 6.45) is 5.17. The number of nitrogens with one attached hydrogen (secondary N) is 1. The van der Waals surface area contributed by atoms with Crippen molar-refractivity contribution >= 4 is 151 Å². The number of ketones is 2. The number of aromatic carboxylic acids is 2. The lowest BCUT2D eigenvalue weighted by Crippen LogP contribution is -2.57. The van der Waals surface area contributed by atoms with Gasteiger partial charge in [0.25, 0.3) is 0 Å². The Hall–Kier alpha value is -11.1. The summed E-state index contributed by atoms with van der Waals surface area (Å²) in [5.74, 6) is -6.76. The number of anilines is 3. The number of nitrogens with zero attached hydrogens (tertiary/aromatic N) is 4. The van der Waals surface area contributed by atoms with E-state index in [9.17, 15) is 69.4 Å². The summed E-state index contributed by atoms with van der Waals surface area (Å²) >= 11 is 0. The van der Waals surface area contributed by atoms with Gasteiger partial charge in [-0.25, -0.2) is 28.8 Å². The van der Waals surface area contributed by atoms with Gasteiger partial charge >= 0.3 is 35.8 Å². The number of piperidine rings is 4. The van der Waals surface area contributed by atoms with Crippen LogP contribution in [0.25, 0.3) is 86.9 Å². The number of fused-ring (bicyclic) bond motifs is 5. The maximum atomic E-state index is 14.6. The monoisotopic (exact) mass is 1600 g/mol. The normalized spacial score (nSPS) is 19.8. The molecule has 614 valence electrons. The standard InChI is InChI=1S/C49H55N3O8.C32H44N4O2.C14H4O6/c1-26(53)31-15-17-36(45(57)58)43-34(16-18-35(42(31)43)44(55)56)39(54)20-27-11-13-32-37(19-27)40(28-22-46(2,3)51(59)47(4,5)23-28)33-14-12-30(50-10)21-38(33)41(32)29-24-48(6,7)52(60)49(8,9)25-29;1-29(2)15-19(16-30(3,4)35(29)37)27-23-11-9-22(34)14-26(23)28(24-12-10-21(33)13-25(24)27)20-17-31(5,6)36(38)32(7,8)18-20;15-11-5-1-2-6-10-8(14(18)20-12(6)16)4-3-7(9(5)10)13(17)19-11/h11-19,21,50,59-60H,20,22-25H2,1-10H3,(H,55,56)(H,57,58);9-14,37-38H,15-18,33-34H2,1-8H3;1-4H. The summed E-state index contributed by atoms with van der Waals surface area (Å²) in [6, 6.07) is 35.6. The van der Waals surface area contributed by atoms with E-state index in [0.29, 0.717) is 31.2 Å². The van der Waals surface area contributed by atoms with Gasteiger partial charge < -0.3 is 57.3 Å². The number of hydrogen-bond donors (Lipinski definition) is 9. The van der Waals surface area contributed by atoms with Gasteiger partial charge in [0.15, 0.2) is 11.6 Å². The average molecular weight is 1600 g/mol. The SMILES string of the molecule is CC1(C)CC(=c2c3ccc(N)cc3c(=C3CC(C)(C)N(O)C(C)(C)C3)c3ccc(N)cc23)CC(C)(C)N1O.CNc1ccc2c(=C3CC(C)(C)N(O)C(C)(C)C3)c3cc(CC(=O)c4ccc(C(=O)O)c5c(C(C)=O)ccc(C(=O)O)c45)ccc3c(=C3CC(C)(C)N(O)C(C)(C)C3)c2c1.O=C1OC(=O)c2ccc3c4c(ccc1c24)C(=O)OC3=O. The Bertz CT molecular complexity index is 6080. The lowest BCUT2D eigenvalue weighted by atomic mass is 9.75. The molecule has 0 spiro atoms. The molecule has 118 heavy (non-hydrogen) atoms. The lowest BCUT2D eigenvalue weighted by molar-refractivity contribution is -0.228. The first-order valence-electron chi connectivity index (χ1n) is 39.8. The molecule has 4 fully saturated rings. The largest absolute Gasteiger partial charge is 0.478 e. The van der Waals surface area contributed by atoms with Gasteiger partial charge in [0.05, 0.1) is 33.4 Å². The van der Waals surface area contributed by atoms with Crippen molar-refractivity contribution in [3.05, 3.63) is 192 Å². The summed E-state index contributed by atoms with van der Waals surface area (Å²) in [5, 5.41) is 88.0. The molecule has 4 saturated heterocycles. The number of ether oxygens (including phenoxy) is 2. The van der Waals surface area contributed by atoms with Crippen molar-refractivity contribution in [2.75, 3.05) is 23.8 Å². The predicted molar refractivity (Wildman–Crippen MR) is 457 cm³/mol. The van der Waals surface area contributed by atoms with Crippen LogP contribution in [0, 0.1) is 0 Å². The third-order valence-electron chi connectivity index (χ3n) is 24.9. The number of carbonyl (C=O) groups excluding carboxylic acids is 6. The van der Waals surface area contributed by atoms with Crippen LogP contribution < -0.4 is 37.7 Å². The number of benzene rings is 10. The van der Waals surface area contributed by atoms with Gasteiger partial charge in [-0.3, -0.25) is 9.59 Å². The maximum absolute atomic E-state index is 14.6. The van der Waals surface area contributed by atoms with E-state index in [1.165, 1.54) is 103 Å². The predicted octanol–water partition coefficient (Wildman–Crippen LogP) is 15.6. The van der Waals surface area contributed by atoms with E-state index in [1.54, 1.807) is 0 Å². The Morgan fingerprint density at radius 2 is 0.627 bits per heavy atom. The Kier molecular flexibility index (Phi) is 20.4. The van der Waals surface area contributed by atoms with Crippen LogP contribution in [0.15, 0.2) is 121 Å². The minimum Gasteiger partial charge on any atom is -0.478 e. The molecule has 10 aromatic rings. The van der Waals surface area contributed by atoms with Crippen LogP contribution in [-0.4, -0.2) is 150 Å². The number of esters is 4. The molecule has 23 nitrogen and oxygen atoms in total. The van der Waals surface area contributed by atoms with Gasteiger partial charge in [0.1, 0.15) is 0 Å². The number of carboxylic acid groups (broad SMARTS) is 2. The summed E-state index contributed by atoms with van der Waals surface area (Å²) in [5.41, 5.74) is 17.0. The summed E-state index contributed by atoms with van der Waals surface area (Å²) in [7, 11) is 1.89. The van der Waals surface area contributed by atoms with Crippen molar-refractivity contribution in [2.45, 2.75) is 220 Å². The van der Waals surface area contributed by atoms with Crippen LogP contribution in [0.2, 0.25) is 0 Å². The highest BCUT2D eigenvalue weighted by molar-refractivity contribution is 6.29. The molecule has 6 aliphatic rings. The molecule has 0 aromatic heterocycles. The third-order valence-corrected chi connectivity index (χ3v) is 24.9. The van der Waals surface area contributed by atoms with E-state index in [4.69, 9.17) is 11.5 Å². The minimum absolute atomic E-state index is 0.0126. The molecule has 6 heterocycles. The highest BCUT2D eigenvalue weighted by Gasteiger charge is 2.48. The van der Waals surface area contributed by atoms with Crippen LogP contribution in [-0.2, 0) is 15.9 Å². The van der Waals surface area contributed by atoms with Gasteiger partial charge in [-0.2, -0.15) is 20.3 Å².